The van der Waals surface area contributed by atoms with Crippen molar-refractivity contribution in [2.24, 2.45) is 0 Å². The average Bonchev–Trinajstić information content (AvgIpc) is 3.68. The summed E-state index contributed by atoms with van der Waals surface area (Å²) in [5.74, 6) is -0.144. The van der Waals surface area contributed by atoms with Gasteiger partial charge in [-0.05, 0) is 73.0 Å². The monoisotopic (exact) mass is 912 g/mol. The van der Waals surface area contributed by atoms with Crippen molar-refractivity contribution in [3.8, 4) is 11.3 Å². The van der Waals surface area contributed by atoms with Gasteiger partial charge in [0.05, 0.1) is 24.2 Å². The van der Waals surface area contributed by atoms with Crippen LogP contribution in [0.1, 0.15) is 114 Å². The fourth-order valence-corrected chi connectivity index (χ4v) is 8.94. The number of hydrogen-bond donors (Lipinski definition) is 1. The van der Waals surface area contributed by atoms with Crippen molar-refractivity contribution in [3.05, 3.63) is 94.3 Å². The maximum atomic E-state index is 15.5. The zero-order valence-electron chi connectivity index (χ0n) is 33.5. The number of aromatic nitrogens is 1. The molecular weight excluding hydrogens is 856 g/mol. The molecule has 0 amide bonds. The van der Waals surface area contributed by atoms with Crippen molar-refractivity contribution in [2.75, 3.05) is 31.0 Å². The molecule has 4 aromatic rings. The number of oxazole rings is 1. The first-order chi connectivity index (χ1) is 27.7. The van der Waals surface area contributed by atoms with E-state index in [4.69, 9.17) is 13.7 Å². The van der Waals surface area contributed by atoms with Gasteiger partial charge < -0.3 is 18.6 Å². The van der Waals surface area contributed by atoms with Crippen molar-refractivity contribution >= 4 is 45.1 Å². The molecule has 4 rings (SSSR count). The van der Waals surface area contributed by atoms with Crippen LogP contribution in [0.4, 0.5) is 24.9 Å². The largest absolute Gasteiger partial charge is 0.423 e. The number of halogens is 4. The number of sulfone groups is 1. The minimum Gasteiger partial charge on any atom is -0.423 e. The van der Waals surface area contributed by atoms with E-state index in [0.29, 0.717) is 29.2 Å². The van der Waals surface area contributed by atoms with Crippen LogP contribution >= 0.6 is 23.5 Å². The van der Waals surface area contributed by atoms with Crippen molar-refractivity contribution in [3.63, 3.8) is 0 Å². The predicted octanol–water partition coefficient (Wildman–Crippen LogP) is 13.1. The zero-order valence-corrected chi connectivity index (χ0v) is 36.8. The molecule has 0 aliphatic rings. The number of ether oxygens (including phenoxy) is 1. The minimum absolute atomic E-state index is 0.0235. The highest BCUT2D eigenvalue weighted by Gasteiger charge is 2.53. The molecule has 0 saturated carbocycles. The summed E-state index contributed by atoms with van der Waals surface area (Å²) in [5, 5.41) is 0. The molecule has 1 unspecified atom stereocenters. The number of nitrogens with zero attached hydrogens (tertiary/aromatic N) is 2. The van der Waals surface area contributed by atoms with Crippen LogP contribution in [0.2, 0.25) is 0 Å². The Balaban J connectivity index is 1.23. The summed E-state index contributed by atoms with van der Waals surface area (Å²) >= 11 is 3.16. The third kappa shape index (κ3) is 14.9. The van der Waals surface area contributed by atoms with Gasteiger partial charge in [0.1, 0.15) is 5.82 Å². The molecule has 1 N–H and O–H groups in total. The van der Waals surface area contributed by atoms with Gasteiger partial charge in [-0.25, -0.2) is 17.8 Å². The topological polar surface area (TPSA) is 119 Å². The molecule has 58 heavy (non-hydrogen) atoms. The number of hydrogen-bond acceptors (Lipinski definition) is 8. The molecule has 0 aliphatic heterocycles. The Kier molecular flexibility index (Phi) is 19.5. The number of anilines is 2. The summed E-state index contributed by atoms with van der Waals surface area (Å²) in [6.07, 6.45) is 20.4. The van der Waals surface area contributed by atoms with Gasteiger partial charge in [0, 0.05) is 40.8 Å². The SMILES string of the molecule is CCCCCCCCCCCCCCCCOCCCOP(=O)(O)C(F)(F)c1ccc(CN(c2ccc(F)cc2)c2ncc(-c3ccc(S(C)(=O)=O)cc3)o2)cc1Br. The second-order valence-electron chi connectivity index (χ2n) is 14.6. The fourth-order valence-electron chi connectivity index (χ4n) is 6.45. The highest BCUT2D eigenvalue weighted by Crippen LogP contribution is 2.64. The summed E-state index contributed by atoms with van der Waals surface area (Å²) < 4.78 is 97.9. The lowest BCUT2D eigenvalue weighted by Gasteiger charge is -2.25. The maximum Gasteiger partial charge on any atom is 0.401 e. The van der Waals surface area contributed by atoms with Crippen molar-refractivity contribution in [2.45, 2.75) is 120 Å². The predicted molar refractivity (Wildman–Crippen MR) is 227 cm³/mol. The van der Waals surface area contributed by atoms with Crippen molar-refractivity contribution in [1.29, 1.82) is 0 Å². The van der Waals surface area contributed by atoms with Gasteiger partial charge in [0.2, 0.25) is 0 Å². The Labute approximate surface area is 350 Å². The molecule has 0 radical (unpaired) electrons. The van der Waals surface area contributed by atoms with Crippen LogP contribution in [-0.4, -0.2) is 44.4 Å². The van der Waals surface area contributed by atoms with E-state index in [-0.39, 0.29) is 41.6 Å². The molecule has 0 bridgehead atoms. The Morgan fingerprint density at radius 3 is 1.95 bits per heavy atom. The Morgan fingerprint density at radius 1 is 0.810 bits per heavy atom. The minimum atomic E-state index is -5.44. The summed E-state index contributed by atoms with van der Waals surface area (Å²) in [5.41, 5.74) is -3.43. The van der Waals surface area contributed by atoms with Crippen LogP contribution in [0.3, 0.4) is 0 Å². The molecule has 9 nitrogen and oxygen atoms in total. The van der Waals surface area contributed by atoms with Crippen molar-refractivity contribution in [1.82, 2.24) is 4.98 Å². The van der Waals surface area contributed by atoms with E-state index in [2.05, 4.69) is 27.8 Å². The van der Waals surface area contributed by atoms with Gasteiger partial charge in [-0.2, -0.15) is 8.78 Å². The molecule has 0 aliphatic carbocycles. The number of unbranched alkanes of at least 4 members (excludes halogenated alkanes) is 13. The number of alkyl halides is 2. The van der Waals surface area contributed by atoms with Gasteiger partial charge in [-0.3, -0.25) is 9.46 Å². The quantitative estimate of drug-likeness (QED) is 0.0439. The van der Waals surface area contributed by atoms with E-state index in [1.165, 1.54) is 125 Å². The van der Waals surface area contributed by atoms with Gasteiger partial charge >= 0.3 is 19.3 Å². The second-order valence-corrected chi connectivity index (χ2v) is 19.4. The third-order valence-corrected chi connectivity index (χ3v) is 13.1. The molecule has 1 aromatic heterocycles. The first-order valence-electron chi connectivity index (χ1n) is 20.2. The summed E-state index contributed by atoms with van der Waals surface area (Å²) in [4.78, 5) is 16.5. The highest BCUT2D eigenvalue weighted by molar-refractivity contribution is 9.10. The average molecular weight is 914 g/mol. The van der Waals surface area contributed by atoms with E-state index in [9.17, 15) is 22.3 Å². The fraction of sp³-hybridized carbons (Fsp3) is 0.512. The normalized spacial score (nSPS) is 13.2. The van der Waals surface area contributed by atoms with Gasteiger partial charge in [0.25, 0.3) is 0 Å². The molecule has 0 spiro atoms. The zero-order chi connectivity index (χ0) is 42.0. The lowest BCUT2D eigenvalue weighted by Crippen LogP contribution is -2.19. The van der Waals surface area contributed by atoms with E-state index in [1.54, 1.807) is 17.0 Å². The first-order valence-corrected chi connectivity index (χ1v) is 24.5. The summed E-state index contributed by atoms with van der Waals surface area (Å²) in [6, 6.07) is 15.5. The van der Waals surface area contributed by atoms with Gasteiger partial charge in [-0.1, -0.05) is 118 Å². The van der Waals surface area contributed by atoms with E-state index < -0.39 is 34.5 Å². The molecule has 3 aromatic carbocycles. The van der Waals surface area contributed by atoms with Crippen LogP contribution in [0, 0.1) is 5.82 Å². The standard InChI is InChI=1S/C43H57BrF3N2O7PS/c1-3-4-5-6-7-8-9-10-11-12-13-14-15-16-28-54-29-17-30-55-57(50,51)43(46,47)39-27-18-34(31-40(39)44)33-49(37-23-21-36(45)22-24-37)42-48-32-41(56-42)35-19-25-38(26-20-35)58(2,52)53/h18-27,31-32H,3-17,28-30,33H2,1-2H3,(H,50,51). The van der Waals surface area contributed by atoms with Crippen LogP contribution in [0.25, 0.3) is 11.3 Å². The van der Waals surface area contributed by atoms with E-state index in [0.717, 1.165) is 31.6 Å². The molecule has 0 saturated heterocycles. The molecule has 320 valence electrons. The summed E-state index contributed by atoms with van der Waals surface area (Å²) in [7, 11) is -8.84. The van der Waals surface area contributed by atoms with Gasteiger partial charge in [-0.15, -0.1) is 0 Å². The van der Waals surface area contributed by atoms with Crippen LogP contribution < -0.4 is 4.90 Å². The molecule has 1 atom stereocenters. The Bertz CT molecular complexity index is 1980. The van der Waals surface area contributed by atoms with Crippen molar-refractivity contribution < 1.29 is 44.7 Å². The lowest BCUT2D eigenvalue weighted by atomic mass is 10.0. The number of rotatable bonds is 28. The van der Waals surface area contributed by atoms with Crippen LogP contribution in [0.5, 0.6) is 0 Å². The lowest BCUT2D eigenvalue weighted by molar-refractivity contribution is 0.0410. The Morgan fingerprint density at radius 2 is 1.38 bits per heavy atom. The molecule has 15 heteroatoms. The van der Waals surface area contributed by atoms with Gasteiger partial charge in [0.15, 0.2) is 15.6 Å². The molecule has 0 fully saturated rings. The molecular formula is C43H57BrF3N2O7PS. The van der Waals surface area contributed by atoms with Crippen LogP contribution in [-0.2, 0) is 35.9 Å². The Hall–Kier alpha value is -3.00. The second kappa shape index (κ2) is 23.7. The van der Waals surface area contributed by atoms with E-state index >= 15 is 8.78 Å². The smallest absolute Gasteiger partial charge is 0.401 e. The van der Waals surface area contributed by atoms with E-state index in [1.807, 2.05) is 0 Å². The van der Waals surface area contributed by atoms with Crippen LogP contribution in [0.15, 0.2) is 86.7 Å². The highest BCUT2D eigenvalue weighted by atomic mass is 79.9. The number of benzene rings is 3. The summed E-state index contributed by atoms with van der Waals surface area (Å²) in [6.45, 7) is 2.67. The first kappa shape index (κ1) is 47.7. The third-order valence-electron chi connectivity index (χ3n) is 9.82. The molecule has 1 heterocycles. The maximum absolute atomic E-state index is 15.5.